The highest BCUT2D eigenvalue weighted by Gasteiger charge is 2.12. The van der Waals surface area contributed by atoms with Crippen LogP contribution in [-0.2, 0) is 4.79 Å². The molecule has 0 spiro atoms. The number of aromatic nitrogens is 2. The van der Waals surface area contributed by atoms with Crippen molar-refractivity contribution in [3.63, 3.8) is 0 Å². The van der Waals surface area contributed by atoms with Crippen molar-refractivity contribution in [3.05, 3.63) is 48.3 Å². The van der Waals surface area contributed by atoms with Gasteiger partial charge >= 0.3 is 0 Å². The van der Waals surface area contributed by atoms with E-state index >= 15 is 0 Å². The van der Waals surface area contributed by atoms with E-state index in [1.165, 1.54) is 6.07 Å². The Morgan fingerprint density at radius 3 is 2.84 bits per heavy atom. The molecule has 4 nitrogen and oxygen atoms in total. The number of carbonyl (C=O) groups excluding carboxylic acids is 1. The number of nitrogens with one attached hydrogen (secondary N) is 1. The molecule has 100 valence electrons. The van der Waals surface area contributed by atoms with E-state index in [1.807, 2.05) is 6.92 Å². The maximum Gasteiger partial charge on any atom is 0.226 e. The van der Waals surface area contributed by atoms with E-state index in [4.69, 9.17) is 0 Å². The zero-order valence-electron chi connectivity index (χ0n) is 10.3. The van der Waals surface area contributed by atoms with Crippen LogP contribution >= 0.6 is 0 Å². The second-order valence-electron chi connectivity index (χ2n) is 4.22. The maximum absolute atomic E-state index is 13.0. The van der Waals surface area contributed by atoms with Crippen LogP contribution in [0.4, 0.5) is 14.5 Å². The number of rotatable bonds is 4. The molecule has 1 atom stereocenters. The molecule has 0 saturated carbocycles. The lowest BCUT2D eigenvalue weighted by Gasteiger charge is -2.12. The van der Waals surface area contributed by atoms with Crippen LogP contribution < -0.4 is 5.32 Å². The Kier molecular flexibility index (Phi) is 3.89. The predicted molar refractivity (Wildman–Crippen MR) is 66.5 cm³/mol. The normalized spacial score (nSPS) is 12.2. The summed E-state index contributed by atoms with van der Waals surface area (Å²) in [6, 6.07) is 4.90. The van der Waals surface area contributed by atoms with Gasteiger partial charge in [-0.05, 0) is 25.1 Å². The van der Waals surface area contributed by atoms with Crippen molar-refractivity contribution >= 4 is 11.6 Å². The van der Waals surface area contributed by atoms with Crippen LogP contribution in [0.1, 0.15) is 19.4 Å². The Labute approximate surface area is 109 Å². The summed E-state index contributed by atoms with van der Waals surface area (Å²) >= 11 is 0. The molecule has 1 amide bonds. The number of hydrogen-bond donors (Lipinski definition) is 1. The standard InChI is InChI=1S/C13H13F2N3O/c1-9(18-6-2-5-16-18)7-13(19)17-10-3-4-11(14)12(15)8-10/h2-6,8-9H,7H2,1H3,(H,17,19)/t9-/m1/s1. The molecule has 0 unspecified atom stereocenters. The number of anilines is 1. The molecular formula is C13H13F2N3O. The van der Waals surface area contributed by atoms with Crippen molar-refractivity contribution in [2.75, 3.05) is 5.32 Å². The summed E-state index contributed by atoms with van der Waals surface area (Å²) < 4.78 is 27.4. The van der Waals surface area contributed by atoms with Crippen molar-refractivity contribution in [1.29, 1.82) is 0 Å². The third-order valence-corrected chi connectivity index (χ3v) is 2.66. The summed E-state index contributed by atoms with van der Waals surface area (Å²) in [4.78, 5) is 11.7. The number of nitrogens with zero attached hydrogens (tertiary/aromatic N) is 2. The molecule has 0 aliphatic heterocycles. The number of hydrogen-bond acceptors (Lipinski definition) is 2. The van der Waals surface area contributed by atoms with Crippen LogP contribution in [0, 0.1) is 11.6 Å². The quantitative estimate of drug-likeness (QED) is 0.924. The van der Waals surface area contributed by atoms with E-state index in [2.05, 4.69) is 10.4 Å². The molecule has 1 N–H and O–H groups in total. The third-order valence-electron chi connectivity index (χ3n) is 2.66. The zero-order chi connectivity index (χ0) is 13.8. The fraction of sp³-hybridized carbons (Fsp3) is 0.231. The van der Waals surface area contributed by atoms with Gasteiger partial charge in [-0.15, -0.1) is 0 Å². The maximum atomic E-state index is 13.0. The molecular weight excluding hydrogens is 252 g/mol. The monoisotopic (exact) mass is 265 g/mol. The van der Waals surface area contributed by atoms with Gasteiger partial charge in [0.2, 0.25) is 5.91 Å². The first-order chi connectivity index (χ1) is 9.06. The number of amides is 1. The lowest BCUT2D eigenvalue weighted by molar-refractivity contribution is -0.116. The third kappa shape index (κ3) is 3.37. The van der Waals surface area contributed by atoms with Crippen LogP contribution in [0.5, 0.6) is 0 Å². The molecule has 6 heteroatoms. The zero-order valence-corrected chi connectivity index (χ0v) is 10.3. The number of halogens is 2. The van der Waals surface area contributed by atoms with Gasteiger partial charge in [0.15, 0.2) is 11.6 Å². The van der Waals surface area contributed by atoms with E-state index in [9.17, 15) is 13.6 Å². The molecule has 0 aliphatic rings. The van der Waals surface area contributed by atoms with Gasteiger partial charge in [0.25, 0.3) is 0 Å². The average molecular weight is 265 g/mol. The lowest BCUT2D eigenvalue weighted by atomic mass is 10.2. The lowest BCUT2D eigenvalue weighted by Crippen LogP contribution is -2.18. The minimum Gasteiger partial charge on any atom is -0.326 e. The van der Waals surface area contributed by atoms with Crippen LogP contribution in [0.2, 0.25) is 0 Å². The van der Waals surface area contributed by atoms with Gasteiger partial charge in [0.1, 0.15) is 0 Å². The summed E-state index contributed by atoms with van der Waals surface area (Å²) in [7, 11) is 0. The Bertz CT molecular complexity index is 569. The number of benzene rings is 1. The minimum atomic E-state index is -0.988. The van der Waals surface area contributed by atoms with Gasteiger partial charge in [-0.25, -0.2) is 8.78 Å². The highest BCUT2D eigenvalue weighted by molar-refractivity contribution is 5.90. The summed E-state index contributed by atoms with van der Waals surface area (Å²) in [5, 5.41) is 6.55. The molecule has 0 fully saturated rings. The molecule has 19 heavy (non-hydrogen) atoms. The first kappa shape index (κ1) is 13.2. The van der Waals surface area contributed by atoms with Crippen molar-refractivity contribution < 1.29 is 13.6 Å². The van der Waals surface area contributed by atoms with Crippen molar-refractivity contribution in [3.8, 4) is 0 Å². The topological polar surface area (TPSA) is 46.9 Å². The minimum absolute atomic E-state index is 0.111. The molecule has 0 bridgehead atoms. The van der Waals surface area contributed by atoms with Crippen LogP contribution in [0.3, 0.4) is 0 Å². The van der Waals surface area contributed by atoms with Gasteiger partial charge in [-0.2, -0.15) is 5.10 Å². The van der Waals surface area contributed by atoms with Gasteiger partial charge < -0.3 is 5.32 Å². The van der Waals surface area contributed by atoms with Crippen molar-refractivity contribution in [2.45, 2.75) is 19.4 Å². The smallest absolute Gasteiger partial charge is 0.226 e. The van der Waals surface area contributed by atoms with Crippen LogP contribution in [-0.4, -0.2) is 15.7 Å². The fourth-order valence-corrected chi connectivity index (χ4v) is 1.69. The molecule has 0 aliphatic carbocycles. The predicted octanol–water partition coefficient (Wildman–Crippen LogP) is 2.75. The molecule has 2 rings (SSSR count). The summed E-state index contributed by atoms with van der Waals surface area (Å²) in [6.45, 7) is 1.85. The van der Waals surface area contributed by atoms with E-state index < -0.39 is 11.6 Å². The molecule has 0 saturated heterocycles. The average Bonchev–Trinajstić information content (AvgIpc) is 2.87. The Morgan fingerprint density at radius 1 is 1.42 bits per heavy atom. The van der Waals surface area contributed by atoms with Gasteiger partial charge in [-0.1, -0.05) is 0 Å². The van der Waals surface area contributed by atoms with Gasteiger partial charge in [0.05, 0.1) is 6.04 Å². The SMILES string of the molecule is C[C@H](CC(=O)Nc1ccc(F)c(F)c1)n1cccn1. The second kappa shape index (κ2) is 5.60. The Morgan fingerprint density at radius 2 is 2.21 bits per heavy atom. The molecule has 0 radical (unpaired) electrons. The summed E-state index contributed by atoms with van der Waals surface area (Å²) in [5.74, 6) is -2.21. The summed E-state index contributed by atoms with van der Waals surface area (Å²) in [5.41, 5.74) is 0.233. The Hall–Kier alpha value is -2.24. The van der Waals surface area contributed by atoms with E-state index in [0.29, 0.717) is 0 Å². The number of carbonyl (C=O) groups is 1. The van der Waals surface area contributed by atoms with E-state index in [-0.39, 0.29) is 24.1 Å². The first-order valence-electron chi connectivity index (χ1n) is 5.80. The first-order valence-corrected chi connectivity index (χ1v) is 5.80. The highest BCUT2D eigenvalue weighted by Crippen LogP contribution is 2.15. The van der Waals surface area contributed by atoms with Crippen LogP contribution in [0.15, 0.2) is 36.7 Å². The second-order valence-corrected chi connectivity index (χ2v) is 4.22. The van der Waals surface area contributed by atoms with E-state index in [1.54, 1.807) is 23.1 Å². The van der Waals surface area contributed by atoms with Crippen LogP contribution in [0.25, 0.3) is 0 Å². The van der Waals surface area contributed by atoms with Gasteiger partial charge in [-0.3, -0.25) is 9.48 Å². The molecule has 1 aromatic heterocycles. The highest BCUT2D eigenvalue weighted by atomic mass is 19.2. The van der Waals surface area contributed by atoms with E-state index in [0.717, 1.165) is 12.1 Å². The van der Waals surface area contributed by atoms with Gasteiger partial charge in [0, 0.05) is 30.6 Å². The summed E-state index contributed by atoms with van der Waals surface area (Å²) in [6.07, 6.45) is 3.58. The molecule has 1 heterocycles. The molecule has 1 aromatic carbocycles. The Balaban J connectivity index is 1.95. The fourth-order valence-electron chi connectivity index (χ4n) is 1.69. The van der Waals surface area contributed by atoms with Crippen molar-refractivity contribution in [2.24, 2.45) is 0 Å². The largest absolute Gasteiger partial charge is 0.326 e. The van der Waals surface area contributed by atoms with Crippen molar-refractivity contribution in [1.82, 2.24) is 9.78 Å². The molecule has 2 aromatic rings.